The lowest BCUT2D eigenvalue weighted by atomic mass is 10.3. The van der Waals surface area contributed by atoms with E-state index in [4.69, 9.17) is 5.73 Å². The van der Waals surface area contributed by atoms with Crippen molar-refractivity contribution in [2.24, 2.45) is 7.05 Å². The summed E-state index contributed by atoms with van der Waals surface area (Å²) >= 11 is 0. The normalized spacial score (nSPS) is 14.3. The van der Waals surface area contributed by atoms with Crippen molar-refractivity contribution in [3.8, 4) is 0 Å². The molecule has 6 nitrogen and oxygen atoms in total. The lowest BCUT2D eigenvalue weighted by Gasteiger charge is -2.13. The first-order chi connectivity index (χ1) is 6.63. The number of nitrogen functional groups attached to an aromatic ring is 1. The number of anilines is 1. The van der Waals surface area contributed by atoms with E-state index in [1.165, 1.54) is 7.11 Å². The largest absolute Gasteiger partial charge is 0.453 e. The number of methoxy groups -OCH3 is 1. The van der Waals surface area contributed by atoms with Crippen LogP contribution in [0.5, 0.6) is 0 Å². The average molecular weight is 196 g/mol. The van der Waals surface area contributed by atoms with Gasteiger partial charge in [0.2, 0.25) is 0 Å². The quantitative estimate of drug-likeness (QED) is 0.638. The first kappa shape index (κ1) is 8.86. The Hall–Kier alpha value is -1.72. The van der Waals surface area contributed by atoms with Crippen LogP contribution in [0.1, 0.15) is 11.3 Å². The van der Waals surface area contributed by atoms with Crippen LogP contribution in [0.3, 0.4) is 0 Å². The molecule has 0 spiro atoms. The van der Waals surface area contributed by atoms with Gasteiger partial charge in [-0.1, -0.05) is 0 Å². The van der Waals surface area contributed by atoms with Crippen molar-refractivity contribution < 1.29 is 9.53 Å². The molecule has 76 valence electrons. The monoisotopic (exact) mass is 196 g/mol. The van der Waals surface area contributed by atoms with Crippen LogP contribution in [-0.4, -0.2) is 27.9 Å². The molecule has 14 heavy (non-hydrogen) atoms. The standard InChI is InChI=1S/C8H12N4O2/c1-11-6-4-12(8(13)14-2)3-5(6)7(9)10-11/h3-4H2,1-2H3,(H2,9,10). The van der Waals surface area contributed by atoms with Gasteiger partial charge in [-0.15, -0.1) is 0 Å². The van der Waals surface area contributed by atoms with E-state index in [-0.39, 0.29) is 6.09 Å². The van der Waals surface area contributed by atoms with Gasteiger partial charge in [-0.25, -0.2) is 4.79 Å². The molecule has 0 aliphatic carbocycles. The minimum atomic E-state index is -0.333. The Morgan fingerprint density at radius 2 is 2.29 bits per heavy atom. The molecule has 1 amide bonds. The molecule has 1 aliphatic rings. The molecule has 0 radical (unpaired) electrons. The molecule has 1 aliphatic heterocycles. The SMILES string of the molecule is COC(=O)N1Cc2c(N)nn(C)c2C1. The van der Waals surface area contributed by atoms with E-state index in [0.29, 0.717) is 18.9 Å². The van der Waals surface area contributed by atoms with E-state index >= 15 is 0 Å². The van der Waals surface area contributed by atoms with Crippen LogP contribution in [0.4, 0.5) is 10.6 Å². The molecule has 2 rings (SSSR count). The van der Waals surface area contributed by atoms with Gasteiger partial charge in [0.05, 0.1) is 25.9 Å². The van der Waals surface area contributed by atoms with E-state index in [1.807, 2.05) is 7.05 Å². The lowest BCUT2D eigenvalue weighted by molar-refractivity contribution is 0.122. The number of amides is 1. The maximum atomic E-state index is 11.2. The fourth-order valence-corrected chi connectivity index (χ4v) is 1.68. The minimum Gasteiger partial charge on any atom is -0.453 e. The Balaban J connectivity index is 2.26. The summed E-state index contributed by atoms with van der Waals surface area (Å²) in [4.78, 5) is 12.8. The summed E-state index contributed by atoms with van der Waals surface area (Å²) in [5.74, 6) is 0.494. The van der Waals surface area contributed by atoms with Crippen molar-refractivity contribution in [2.75, 3.05) is 12.8 Å². The fraction of sp³-hybridized carbons (Fsp3) is 0.500. The predicted octanol–water partition coefficient (Wildman–Crippen LogP) is 0.0843. The number of rotatable bonds is 0. The van der Waals surface area contributed by atoms with Crippen LogP contribution in [0.2, 0.25) is 0 Å². The Bertz CT molecular complexity index is 358. The molecule has 0 aromatic carbocycles. The van der Waals surface area contributed by atoms with Crippen molar-refractivity contribution in [1.29, 1.82) is 0 Å². The summed E-state index contributed by atoms with van der Waals surface area (Å²) in [7, 11) is 3.18. The number of carbonyl (C=O) groups is 1. The average Bonchev–Trinajstić information content (AvgIpc) is 2.69. The first-order valence-corrected chi connectivity index (χ1v) is 4.26. The summed E-state index contributed by atoms with van der Waals surface area (Å²) in [6.07, 6.45) is -0.333. The Labute approximate surface area is 81.2 Å². The molecule has 6 heteroatoms. The van der Waals surface area contributed by atoms with E-state index in [1.54, 1.807) is 9.58 Å². The Morgan fingerprint density at radius 1 is 1.57 bits per heavy atom. The number of ether oxygens (including phenoxy) is 1. The van der Waals surface area contributed by atoms with Crippen molar-refractivity contribution in [3.05, 3.63) is 11.3 Å². The molecule has 2 N–H and O–H groups in total. The number of hydrogen-bond donors (Lipinski definition) is 1. The van der Waals surface area contributed by atoms with Crippen LogP contribution < -0.4 is 5.73 Å². The molecule has 0 saturated heterocycles. The van der Waals surface area contributed by atoms with Crippen LogP contribution >= 0.6 is 0 Å². The number of aromatic nitrogens is 2. The minimum absolute atomic E-state index is 0.333. The van der Waals surface area contributed by atoms with E-state index < -0.39 is 0 Å². The van der Waals surface area contributed by atoms with Crippen LogP contribution in [-0.2, 0) is 24.9 Å². The second-order valence-corrected chi connectivity index (χ2v) is 3.26. The van der Waals surface area contributed by atoms with Crippen LogP contribution in [0.15, 0.2) is 0 Å². The summed E-state index contributed by atoms with van der Waals surface area (Å²) < 4.78 is 6.33. The van der Waals surface area contributed by atoms with Gasteiger partial charge in [-0.2, -0.15) is 5.10 Å². The molecular weight excluding hydrogens is 184 g/mol. The predicted molar refractivity (Wildman–Crippen MR) is 49.3 cm³/mol. The van der Waals surface area contributed by atoms with Gasteiger partial charge in [-0.05, 0) is 0 Å². The third kappa shape index (κ3) is 1.11. The van der Waals surface area contributed by atoms with Gasteiger partial charge in [0.15, 0.2) is 5.82 Å². The number of fused-ring (bicyclic) bond motifs is 1. The smallest absolute Gasteiger partial charge is 0.410 e. The maximum absolute atomic E-state index is 11.2. The first-order valence-electron chi connectivity index (χ1n) is 4.26. The second kappa shape index (κ2) is 2.90. The summed E-state index contributed by atoms with van der Waals surface area (Å²) in [6.45, 7) is 1.00. The summed E-state index contributed by atoms with van der Waals surface area (Å²) in [5, 5.41) is 4.07. The lowest BCUT2D eigenvalue weighted by Crippen LogP contribution is -2.25. The molecule has 1 aromatic rings. The highest BCUT2D eigenvalue weighted by Gasteiger charge is 2.29. The maximum Gasteiger partial charge on any atom is 0.410 e. The van der Waals surface area contributed by atoms with E-state index in [2.05, 4.69) is 9.84 Å². The summed E-state index contributed by atoms with van der Waals surface area (Å²) in [6, 6.07) is 0. The van der Waals surface area contributed by atoms with E-state index in [9.17, 15) is 4.79 Å². The highest BCUT2D eigenvalue weighted by atomic mass is 16.5. The molecular formula is C8H12N4O2. The topological polar surface area (TPSA) is 73.4 Å². The number of hydrogen-bond acceptors (Lipinski definition) is 4. The van der Waals surface area contributed by atoms with E-state index in [0.717, 1.165) is 11.3 Å². The summed E-state index contributed by atoms with van der Waals surface area (Å²) in [5.41, 5.74) is 7.59. The van der Waals surface area contributed by atoms with Crippen molar-refractivity contribution in [3.63, 3.8) is 0 Å². The van der Waals surface area contributed by atoms with Gasteiger partial charge in [0.25, 0.3) is 0 Å². The second-order valence-electron chi connectivity index (χ2n) is 3.26. The zero-order valence-electron chi connectivity index (χ0n) is 8.15. The number of nitrogens with two attached hydrogens (primary N) is 1. The molecule has 1 aromatic heterocycles. The highest BCUT2D eigenvalue weighted by Crippen LogP contribution is 2.26. The molecule has 0 atom stereocenters. The van der Waals surface area contributed by atoms with Gasteiger partial charge in [0.1, 0.15) is 0 Å². The van der Waals surface area contributed by atoms with Gasteiger partial charge < -0.3 is 10.5 Å². The van der Waals surface area contributed by atoms with Crippen molar-refractivity contribution in [2.45, 2.75) is 13.1 Å². The molecule has 2 heterocycles. The fourth-order valence-electron chi connectivity index (χ4n) is 1.68. The van der Waals surface area contributed by atoms with Crippen LogP contribution in [0, 0.1) is 0 Å². The Kier molecular flexibility index (Phi) is 1.83. The third-order valence-corrected chi connectivity index (χ3v) is 2.43. The van der Waals surface area contributed by atoms with Gasteiger partial charge in [0, 0.05) is 12.6 Å². The number of carbonyl (C=O) groups excluding carboxylic acids is 1. The zero-order chi connectivity index (χ0) is 10.3. The van der Waals surface area contributed by atoms with Gasteiger partial charge >= 0.3 is 6.09 Å². The van der Waals surface area contributed by atoms with Crippen molar-refractivity contribution in [1.82, 2.24) is 14.7 Å². The molecule has 0 unspecified atom stereocenters. The Morgan fingerprint density at radius 3 is 2.86 bits per heavy atom. The zero-order valence-corrected chi connectivity index (χ0v) is 8.15. The third-order valence-electron chi connectivity index (χ3n) is 2.43. The highest BCUT2D eigenvalue weighted by molar-refractivity contribution is 5.69. The van der Waals surface area contributed by atoms with Crippen molar-refractivity contribution >= 4 is 11.9 Å². The van der Waals surface area contributed by atoms with Gasteiger partial charge in [-0.3, -0.25) is 9.58 Å². The number of aryl methyl sites for hydroxylation is 1. The molecule has 0 bridgehead atoms. The molecule has 0 fully saturated rings. The molecule has 0 saturated carbocycles. The number of nitrogens with zero attached hydrogens (tertiary/aromatic N) is 3. The van der Waals surface area contributed by atoms with Crippen LogP contribution in [0.25, 0.3) is 0 Å².